The SMILES string of the molecule is C#CCn1ccc(C(=O)O)c1. The molecule has 0 radical (unpaired) electrons. The molecule has 3 heteroatoms. The third kappa shape index (κ3) is 1.62. The fourth-order valence-electron chi connectivity index (χ4n) is 0.771. The van der Waals surface area contributed by atoms with Crippen LogP contribution in [0.2, 0.25) is 0 Å². The summed E-state index contributed by atoms with van der Waals surface area (Å²) in [6, 6.07) is 1.51. The van der Waals surface area contributed by atoms with Crippen LogP contribution in [0.5, 0.6) is 0 Å². The van der Waals surface area contributed by atoms with E-state index >= 15 is 0 Å². The molecule has 0 aliphatic heterocycles. The van der Waals surface area contributed by atoms with Crippen molar-refractivity contribution in [2.45, 2.75) is 6.54 Å². The standard InChI is InChI=1S/C8H7NO2/c1-2-4-9-5-3-7(6-9)8(10)11/h1,3,5-6H,4H2,(H,10,11). The fourth-order valence-corrected chi connectivity index (χ4v) is 0.771. The third-order valence-corrected chi connectivity index (χ3v) is 1.27. The molecule has 1 aromatic heterocycles. The van der Waals surface area contributed by atoms with Gasteiger partial charge in [-0.25, -0.2) is 4.79 Å². The topological polar surface area (TPSA) is 42.2 Å². The Kier molecular flexibility index (Phi) is 1.98. The molecule has 0 aliphatic carbocycles. The van der Waals surface area contributed by atoms with Gasteiger partial charge in [-0.2, -0.15) is 0 Å². The zero-order chi connectivity index (χ0) is 8.27. The Morgan fingerprint density at radius 3 is 3.00 bits per heavy atom. The number of terminal acetylenes is 1. The first-order valence-corrected chi connectivity index (χ1v) is 3.06. The summed E-state index contributed by atoms with van der Waals surface area (Å²) in [6.45, 7) is 0.410. The molecule has 1 aromatic rings. The minimum atomic E-state index is -0.930. The van der Waals surface area contributed by atoms with Gasteiger partial charge in [-0.15, -0.1) is 6.42 Å². The van der Waals surface area contributed by atoms with E-state index in [1.807, 2.05) is 0 Å². The molecule has 0 unspecified atom stereocenters. The molecule has 1 rings (SSSR count). The first-order chi connectivity index (χ1) is 5.24. The number of carboxylic acid groups (broad SMARTS) is 1. The Morgan fingerprint density at radius 2 is 2.55 bits per heavy atom. The number of hydrogen-bond donors (Lipinski definition) is 1. The Morgan fingerprint density at radius 1 is 1.82 bits per heavy atom. The maximum atomic E-state index is 10.4. The highest BCUT2D eigenvalue weighted by Gasteiger charge is 2.02. The maximum absolute atomic E-state index is 10.4. The van der Waals surface area contributed by atoms with Gasteiger partial charge in [0.05, 0.1) is 12.1 Å². The summed E-state index contributed by atoms with van der Waals surface area (Å²) in [5.74, 6) is 1.48. The lowest BCUT2D eigenvalue weighted by Gasteiger charge is -1.91. The van der Waals surface area contributed by atoms with Crippen LogP contribution < -0.4 is 0 Å². The second-order valence-corrected chi connectivity index (χ2v) is 2.08. The largest absolute Gasteiger partial charge is 0.478 e. The van der Waals surface area contributed by atoms with Gasteiger partial charge in [0.15, 0.2) is 0 Å². The van der Waals surface area contributed by atoms with E-state index in [9.17, 15) is 4.79 Å². The summed E-state index contributed by atoms with van der Waals surface area (Å²) in [7, 11) is 0. The van der Waals surface area contributed by atoms with Crippen LogP contribution in [0.25, 0.3) is 0 Å². The summed E-state index contributed by atoms with van der Waals surface area (Å²) >= 11 is 0. The lowest BCUT2D eigenvalue weighted by molar-refractivity contribution is 0.0697. The van der Waals surface area contributed by atoms with Crippen LogP contribution >= 0.6 is 0 Å². The zero-order valence-electron chi connectivity index (χ0n) is 5.82. The van der Waals surface area contributed by atoms with Crippen molar-refractivity contribution >= 4 is 5.97 Å². The van der Waals surface area contributed by atoms with E-state index in [0.29, 0.717) is 6.54 Å². The molecule has 0 aliphatic rings. The van der Waals surface area contributed by atoms with Crippen molar-refractivity contribution in [3.63, 3.8) is 0 Å². The molecule has 56 valence electrons. The van der Waals surface area contributed by atoms with Crippen molar-refractivity contribution in [1.82, 2.24) is 4.57 Å². The highest BCUT2D eigenvalue weighted by Crippen LogP contribution is 1.99. The van der Waals surface area contributed by atoms with E-state index < -0.39 is 5.97 Å². The second kappa shape index (κ2) is 2.93. The monoisotopic (exact) mass is 149 g/mol. The van der Waals surface area contributed by atoms with Crippen LogP contribution in [0.1, 0.15) is 10.4 Å². The molecule has 11 heavy (non-hydrogen) atoms. The van der Waals surface area contributed by atoms with E-state index in [2.05, 4.69) is 5.92 Å². The van der Waals surface area contributed by atoms with Gasteiger partial charge in [-0.05, 0) is 6.07 Å². The molecular formula is C8H7NO2. The van der Waals surface area contributed by atoms with Crippen molar-refractivity contribution in [3.8, 4) is 12.3 Å². The molecule has 0 fully saturated rings. The normalized spacial score (nSPS) is 9.00. The van der Waals surface area contributed by atoms with Crippen molar-refractivity contribution in [2.75, 3.05) is 0 Å². The molecule has 3 nitrogen and oxygen atoms in total. The minimum Gasteiger partial charge on any atom is -0.478 e. The Hall–Kier alpha value is -1.69. The quantitative estimate of drug-likeness (QED) is 0.632. The first kappa shape index (κ1) is 7.42. The van der Waals surface area contributed by atoms with Crippen LogP contribution in [0.3, 0.4) is 0 Å². The van der Waals surface area contributed by atoms with Crippen molar-refractivity contribution in [3.05, 3.63) is 24.0 Å². The molecule has 0 atom stereocenters. The van der Waals surface area contributed by atoms with Gasteiger partial charge in [0.1, 0.15) is 0 Å². The summed E-state index contributed by atoms with van der Waals surface area (Å²) in [5, 5.41) is 8.50. The summed E-state index contributed by atoms with van der Waals surface area (Å²) in [4.78, 5) is 10.4. The minimum absolute atomic E-state index is 0.264. The van der Waals surface area contributed by atoms with E-state index in [0.717, 1.165) is 0 Å². The van der Waals surface area contributed by atoms with Crippen LogP contribution in [-0.4, -0.2) is 15.6 Å². The summed E-state index contributed by atoms with van der Waals surface area (Å²) < 4.78 is 1.64. The van der Waals surface area contributed by atoms with Crippen molar-refractivity contribution in [2.24, 2.45) is 0 Å². The lowest BCUT2D eigenvalue weighted by atomic mass is 10.4. The zero-order valence-corrected chi connectivity index (χ0v) is 5.82. The van der Waals surface area contributed by atoms with Crippen LogP contribution in [0.15, 0.2) is 18.5 Å². The van der Waals surface area contributed by atoms with Crippen LogP contribution in [-0.2, 0) is 6.54 Å². The van der Waals surface area contributed by atoms with E-state index in [1.54, 1.807) is 10.8 Å². The Labute approximate surface area is 64.3 Å². The van der Waals surface area contributed by atoms with Gasteiger partial charge in [-0.3, -0.25) is 0 Å². The van der Waals surface area contributed by atoms with Gasteiger partial charge in [-0.1, -0.05) is 5.92 Å². The second-order valence-electron chi connectivity index (χ2n) is 2.08. The number of hydrogen-bond acceptors (Lipinski definition) is 1. The maximum Gasteiger partial charge on any atom is 0.337 e. The summed E-state index contributed by atoms with van der Waals surface area (Å²) in [5.41, 5.74) is 0.264. The van der Waals surface area contributed by atoms with E-state index in [1.165, 1.54) is 12.3 Å². The molecule has 0 amide bonds. The molecule has 0 spiro atoms. The smallest absolute Gasteiger partial charge is 0.337 e. The number of carboxylic acids is 1. The molecule has 1 N–H and O–H groups in total. The van der Waals surface area contributed by atoms with Crippen molar-refractivity contribution in [1.29, 1.82) is 0 Å². The molecule has 1 heterocycles. The highest BCUT2D eigenvalue weighted by molar-refractivity contribution is 5.87. The van der Waals surface area contributed by atoms with Gasteiger partial charge < -0.3 is 9.67 Å². The number of carbonyl (C=O) groups is 1. The number of nitrogens with zero attached hydrogens (tertiary/aromatic N) is 1. The van der Waals surface area contributed by atoms with E-state index in [-0.39, 0.29) is 5.56 Å². The highest BCUT2D eigenvalue weighted by atomic mass is 16.4. The Bertz CT molecular complexity index is 306. The average molecular weight is 149 g/mol. The van der Waals surface area contributed by atoms with Gasteiger partial charge >= 0.3 is 5.97 Å². The third-order valence-electron chi connectivity index (χ3n) is 1.27. The average Bonchev–Trinajstić information content (AvgIpc) is 2.37. The number of aromatic nitrogens is 1. The first-order valence-electron chi connectivity index (χ1n) is 3.06. The predicted octanol–water partition coefficient (Wildman–Crippen LogP) is 0.819. The fraction of sp³-hybridized carbons (Fsp3) is 0.125. The molecule has 0 saturated heterocycles. The summed E-state index contributed by atoms with van der Waals surface area (Å²) in [6.07, 6.45) is 8.17. The predicted molar refractivity (Wildman–Crippen MR) is 40.2 cm³/mol. The van der Waals surface area contributed by atoms with Crippen molar-refractivity contribution < 1.29 is 9.90 Å². The van der Waals surface area contributed by atoms with Crippen LogP contribution in [0.4, 0.5) is 0 Å². The van der Waals surface area contributed by atoms with Gasteiger partial charge in [0, 0.05) is 12.4 Å². The molecule has 0 aromatic carbocycles. The Balaban J connectivity index is 2.83. The van der Waals surface area contributed by atoms with Crippen LogP contribution in [0, 0.1) is 12.3 Å². The molecule has 0 bridgehead atoms. The lowest BCUT2D eigenvalue weighted by Crippen LogP contribution is -1.94. The number of aromatic carboxylic acids is 1. The van der Waals surface area contributed by atoms with Gasteiger partial charge in [0.2, 0.25) is 0 Å². The molecule has 0 saturated carbocycles. The number of rotatable bonds is 2. The van der Waals surface area contributed by atoms with Gasteiger partial charge in [0.25, 0.3) is 0 Å². The van der Waals surface area contributed by atoms with E-state index in [4.69, 9.17) is 11.5 Å². The molecular weight excluding hydrogens is 142 g/mol.